The number of halogens is 1. The largest absolute Gasteiger partial charge is 0.339 e. The molecule has 0 unspecified atom stereocenters. The molecule has 1 amide bonds. The summed E-state index contributed by atoms with van der Waals surface area (Å²) in [6.45, 7) is 8.13. The van der Waals surface area contributed by atoms with Gasteiger partial charge in [0.25, 0.3) is 0 Å². The Morgan fingerprint density at radius 3 is 2.48 bits per heavy atom. The Hall–Kier alpha value is -1.15. The molecule has 25 heavy (non-hydrogen) atoms. The zero-order valence-electron chi connectivity index (χ0n) is 14.4. The molecule has 0 N–H and O–H groups in total. The highest BCUT2D eigenvalue weighted by Crippen LogP contribution is 2.23. The number of amides is 1. The summed E-state index contributed by atoms with van der Waals surface area (Å²) in [5, 5.41) is 0.680. The third-order valence-electron chi connectivity index (χ3n) is 4.02. The number of aromatic nitrogens is 2. The van der Waals surface area contributed by atoms with E-state index in [4.69, 9.17) is 11.6 Å². The molecule has 0 aliphatic carbocycles. The predicted molar refractivity (Wildman–Crippen MR) is 103 cm³/mol. The Kier molecular flexibility index (Phi) is 6.33. The minimum absolute atomic E-state index is 0.159. The Bertz CT molecular complexity index is 724. The van der Waals surface area contributed by atoms with E-state index in [2.05, 4.69) is 20.9 Å². The van der Waals surface area contributed by atoms with E-state index in [0.29, 0.717) is 10.9 Å². The summed E-state index contributed by atoms with van der Waals surface area (Å²) in [6.07, 6.45) is 0. The van der Waals surface area contributed by atoms with E-state index >= 15 is 0 Å². The number of carbonyl (C=O) groups excluding carboxylic acids is 1. The molecule has 0 atom stereocenters. The lowest BCUT2D eigenvalue weighted by molar-refractivity contribution is -0.130. The average Bonchev–Trinajstić information content (AvgIpc) is 2.97. The fourth-order valence-electron chi connectivity index (χ4n) is 2.79. The van der Waals surface area contributed by atoms with Gasteiger partial charge in [-0.25, -0.2) is 9.97 Å². The van der Waals surface area contributed by atoms with E-state index in [0.717, 1.165) is 48.4 Å². The second-order valence-electron chi connectivity index (χ2n) is 6.08. The highest BCUT2D eigenvalue weighted by molar-refractivity contribution is 7.99. The lowest BCUT2D eigenvalue weighted by atomic mass is 10.3. The molecule has 1 aliphatic rings. The molecule has 0 aromatic carbocycles. The number of hydrogen-bond donors (Lipinski definition) is 0. The van der Waals surface area contributed by atoms with Crippen LogP contribution < -0.4 is 0 Å². The fourth-order valence-corrected chi connectivity index (χ4v) is 4.77. The number of thioether (sulfide) groups is 1. The van der Waals surface area contributed by atoms with Gasteiger partial charge in [-0.3, -0.25) is 9.69 Å². The third-order valence-corrected chi connectivity index (χ3v) is 6.07. The highest BCUT2D eigenvalue weighted by Gasteiger charge is 2.21. The van der Waals surface area contributed by atoms with Crippen LogP contribution in [0, 0.1) is 13.8 Å². The van der Waals surface area contributed by atoms with E-state index in [9.17, 15) is 4.79 Å². The first-order valence-electron chi connectivity index (χ1n) is 8.19. The molecule has 2 aromatic rings. The van der Waals surface area contributed by atoms with Crippen molar-refractivity contribution in [1.82, 2.24) is 19.8 Å². The van der Waals surface area contributed by atoms with Gasteiger partial charge in [0, 0.05) is 49.0 Å². The molecule has 0 saturated carbocycles. The maximum Gasteiger partial charge on any atom is 0.233 e. The van der Waals surface area contributed by atoms with Gasteiger partial charge in [0.15, 0.2) is 5.16 Å². The Balaban J connectivity index is 1.45. The van der Waals surface area contributed by atoms with Crippen molar-refractivity contribution in [1.29, 1.82) is 0 Å². The van der Waals surface area contributed by atoms with E-state index in [1.807, 2.05) is 30.9 Å². The lowest BCUT2D eigenvalue weighted by Gasteiger charge is -2.34. The second kappa shape index (κ2) is 8.49. The smallest absolute Gasteiger partial charge is 0.233 e. The Morgan fingerprint density at radius 1 is 1.20 bits per heavy atom. The number of hydrogen-bond acceptors (Lipinski definition) is 6. The minimum atomic E-state index is 0.159. The Labute approximate surface area is 161 Å². The zero-order chi connectivity index (χ0) is 17.8. The van der Waals surface area contributed by atoms with Crippen molar-refractivity contribution in [3.63, 3.8) is 0 Å². The summed E-state index contributed by atoms with van der Waals surface area (Å²) < 4.78 is 0.828. The summed E-state index contributed by atoms with van der Waals surface area (Å²) in [4.78, 5) is 26.8. The molecule has 2 aromatic heterocycles. The van der Waals surface area contributed by atoms with Crippen LogP contribution in [0.15, 0.2) is 23.4 Å². The molecule has 1 fully saturated rings. The molecule has 1 saturated heterocycles. The number of carbonyl (C=O) groups is 1. The second-order valence-corrected chi connectivity index (χ2v) is 8.83. The molecule has 0 bridgehead atoms. The molecule has 5 nitrogen and oxygen atoms in total. The van der Waals surface area contributed by atoms with Gasteiger partial charge in [-0.2, -0.15) is 0 Å². The first kappa shape index (κ1) is 18.6. The van der Waals surface area contributed by atoms with Crippen LogP contribution in [0.5, 0.6) is 0 Å². The number of thiophene rings is 1. The standard InChI is InChI=1S/C17H21ClN4OS2/c1-12-9-13(2)20-17(19-12)24-11-16(23)22-7-5-21(6-8-22)10-14-3-4-15(18)25-14/h3-4,9H,5-8,10-11H2,1-2H3. The highest BCUT2D eigenvalue weighted by atomic mass is 35.5. The molecule has 1 aliphatic heterocycles. The van der Waals surface area contributed by atoms with Gasteiger partial charge in [-0.1, -0.05) is 23.4 Å². The lowest BCUT2D eigenvalue weighted by Crippen LogP contribution is -2.48. The summed E-state index contributed by atoms with van der Waals surface area (Å²) in [5.74, 6) is 0.551. The molecule has 0 radical (unpaired) electrons. The fraction of sp³-hybridized carbons (Fsp3) is 0.471. The monoisotopic (exact) mass is 396 g/mol. The van der Waals surface area contributed by atoms with Crippen LogP contribution in [0.1, 0.15) is 16.3 Å². The Morgan fingerprint density at radius 2 is 1.88 bits per heavy atom. The number of rotatable bonds is 5. The van der Waals surface area contributed by atoms with Crippen molar-refractivity contribution in [2.75, 3.05) is 31.9 Å². The van der Waals surface area contributed by atoms with Gasteiger partial charge >= 0.3 is 0 Å². The van der Waals surface area contributed by atoms with Crippen LogP contribution in [0.4, 0.5) is 0 Å². The van der Waals surface area contributed by atoms with Crippen molar-refractivity contribution in [3.8, 4) is 0 Å². The van der Waals surface area contributed by atoms with Gasteiger partial charge in [-0.05, 0) is 32.0 Å². The summed E-state index contributed by atoms with van der Waals surface area (Å²) in [5.41, 5.74) is 1.87. The van der Waals surface area contributed by atoms with Crippen LogP contribution in [0.25, 0.3) is 0 Å². The van der Waals surface area contributed by atoms with Gasteiger partial charge in [0.2, 0.25) is 5.91 Å². The molecule has 8 heteroatoms. The quantitative estimate of drug-likeness (QED) is 0.573. The number of piperazine rings is 1. The number of aryl methyl sites for hydroxylation is 2. The van der Waals surface area contributed by atoms with Crippen LogP contribution in [0.2, 0.25) is 4.34 Å². The maximum atomic E-state index is 12.4. The van der Waals surface area contributed by atoms with Crippen molar-refractivity contribution in [3.05, 3.63) is 38.8 Å². The van der Waals surface area contributed by atoms with Gasteiger partial charge in [0.1, 0.15) is 0 Å². The predicted octanol–water partition coefficient (Wildman–Crippen LogP) is 3.24. The van der Waals surface area contributed by atoms with Gasteiger partial charge < -0.3 is 4.90 Å². The molecular weight excluding hydrogens is 376 g/mol. The van der Waals surface area contributed by atoms with E-state index in [1.165, 1.54) is 16.6 Å². The summed E-state index contributed by atoms with van der Waals surface area (Å²) >= 11 is 9.02. The van der Waals surface area contributed by atoms with Crippen molar-refractivity contribution >= 4 is 40.6 Å². The van der Waals surface area contributed by atoms with Crippen LogP contribution in [-0.2, 0) is 11.3 Å². The van der Waals surface area contributed by atoms with E-state index in [1.54, 1.807) is 11.3 Å². The van der Waals surface area contributed by atoms with Gasteiger partial charge in [-0.15, -0.1) is 11.3 Å². The third kappa shape index (κ3) is 5.41. The summed E-state index contributed by atoms with van der Waals surface area (Å²) in [7, 11) is 0. The first-order chi connectivity index (χ1) is 12.0. The normalized spacial score (nSPS) is 15.6. The molecule has 134 valence electrons. The first-order valence-corrected chi connectivity index (χ1v) is 10.4. The summed E-state index contributed by atoms with van der Waals surface area (Å²) in [6, 6.07) is 5.95. The van der Waals surface area contributed by atoms with E-state index in [-0.39, 0.29) is 5.91 Å². The number of nitrogens with zero attached hydrogens (tertiary/aromatic N) is 4. The average molecular weight is 397 g/mol. The molecule has 3 rings (SSSR count). The topological polar surface area (TPSA) is 49.3 Å². The van der Waals surface area contributed by atoms with Crippen LogP contribution >= 0.6 is 34.7 Å². The molecule has 0 spiro atoms. The van der Waals surface area contributed by atoms with Crippen molar-refractivity contribution in [2.24, 2.45) is 0 Å². The molecular formula is C17H21ClN4OS2. The van der Waals surface area contributed by atoms with E-state index < -0.39 is 0 Å². The SMILES string of the molecule is Cc1cc(C)nc(SCC(=O)N2CCN(Cc3ccc(Cl)s3)CC2)n1. The van der Waals surface area contributed by atoms with Gasteiger partial charge in [0.05, 0.1) is 10.1 Å². The van der Waals surface area contributed by atoms with Crippen molar-refractivity contribution < 1.29 is 4.79 Å². The maximum absolute atomic E-state index is 12.4. The van der Waals surface area contributed by atoms with Crippen LogP contribution in [-0.4, -0.2) is 57.6 Å². The van der Waals surface area contributed by atoms with Crippen LogP contribution in [0.3, 0.4) is 0 Å². The molecule has 3 heterocycles. The zero-order valence-corrected chi connectivity index (χ0v) is 16.8. The minimum Gasteiger partial charge on any atom is -0.339 e. The van der Waals surface area contributed by atoms with Crippen molar-refractivity contribution in [2.45, 2.75) is 25.5 Å².